The maximum atomic E-state index is 12.4. The smallest absolute Gasteiger partial charge is 0.265 e. The number of anilines is 1. The van der Waals surface area contributed by atoms with Gasteiger partial charge in [0.25, 0.3) is 5.91 Å². The molecule has 2 rings (SSSR count). The standard InChI is InChI=1S/C17H18BrNO2/c1-3-15(21-16-11-7-4-8-12(16)2)17(20)19-14-10-6-5-9-13(14)18/h4-11,15H,3H2,1-2H3,(H,19,20)/t15-/m0/s1. The summed E-state index contributed by atoms with van der Waals surface area (Å²) in [5.74, 6) is 0.597. The second-order valence-electron chi connectivity index (χ2n) is 4.75. The van der Waals surface area contributed by atoms with Crippen molar-refractivity contribution in [3.05, 3.63) is 58.6 Å². The Bertz CT molecular complexity index is 628. The van der Waals surface area contributed by atoms with E-state index >= 15 is 0 Å². The highest BCUT2D eigenvalue weighted by Crippen LogP contribution is 2.23. The average molecular weight is 348 g/mol. The van der Waals surface area contributed by atoms with Crippen LogP contribution in [0.4, 0.5) is 5.69 Å². The number of rotatable bonds is 5. The van der Waals surface area contributed by atoms with Crippen molar-refractivity contribution in [3.63, 3.8) is 0 Å². The molecule has 2 aromatic carbocycles. The van der Waals surface area contributed by atoms with Gasteiger partial charge in [0.15, 0.2) is 6.10 Å². The van der Waals surface area contributed by atoms with E-state index < -0.39 is 6.10 Å². The summed E-state index contributed by atoms with van der Waals surface area (Å²) < 4.78 is 6.69. The largest absolute Gasteiger partial charge is 0.480 e. The molecule has 0 unspecified atom stereocenters. The number of nitrogens with one attached hydrogen (secondary N) is 1. The van der Waals surface area contributed by atoms with Crippen molar-refractivity contribution < 1.29 is 9.53 Å². The highest BCUT2D eigenvalue weighted by atomic mass is 79.9. The zero-order chi connectivity index (χ0) is 15.2. The number of carbonyl (C=O) groups is 1. The Hall–Kier alpha value is -1.81. The van der Waals surface area contributed by atoms with Crippen molar-refractivity contribution in [3.8, 4) is 5.75 Å². The minimum atomic E-state index is -0.516. The predicted octanol–water partition coefficient (Wildman–Crippen LogP) is 4.55. The molecule has 1 amide bonds. The lowest BCUT2D eigenvalue weighted by Gasteiger charge is -2.19. The summed E-state index contributed by atoms with van der Waals surface area (Å²) in [7, 11) is 0. The zero-order valence-corrected chi connectivity index (χ0v) is 13.7. The van der Waals surface area contributed by atoms with E-state index in [9.17, 15) is 4.79 Å². The topological polar surface area (TPSA) is 38.3 Å². The van der Waals surface area contributed by atoms with Crippen molar-refractivity contribution in [2.24, 2.45) is 0 Å². The van der Waals surface area contributed by atoms with Crippen LogP contribution < -0.4 is 10.1 Å². The fourth-order valence-electron chi connectivity index (χ4n) is 1.94. The fraction of sp³-hybridized carbons (Fsp3) is 0.235. The van der Waals surface area contributed by atoms with Crippen LogP contribution in [0, 0.1) is 6.92 Å². The Labute approximate surface area is 133 Å². The van der Waals surface area contributed by atoms with Gasteiger partial charge in [0.2, 0.25) is 0 Å². The minimum absolute atomic E-state index is 0.146. The van der Waals surface area contributed by atoms with E-state index in [1.807, 2.05) is 62.4 Å². The second kappa shape index (κ2) is 7.27. The first kappa shape index (κ1) is 15.6. The summed E-state index contributed by atoms with van der Waals surface area (Å²) in [6.45, 7) is 3.90. The van der Waals surface area contributed by atoms with Crippen molar-refractivity contribution in [2.75, 3.05) is 5.32 Å². The normalized spacial score (nSPS) is 11.8. The lowest BCUT2D eigenvalue weighted by molar-refractivity contribution is -0.122. The first-order chi connectivity index (χ1) is 10.1. The van der Waals surface area contributed by atoms with Gasteiger partial charge >= 0.3 is 0 Å². The molecule has 0 heterocycles. The molecular formula is C17H18BrNO2. The summed E-state index contributed by atoms with van der Waals surface area (Å²) in [6.07, 6.45) is 0.0863. The van der Waals surface area contributed by atoms with Gasteiger partial charge in [-0.25, -0.2) is 0 Å². The summed E-state index contributed by atoms with van der Waals surface area (Å²) in [5, 5.41) is 2.89. The first-order valence-electron chi connectivity index (χ1n) is 6.89. The zero-order valence-electron chi connectivity index (χ0n) is 12.1. The van der Waals surface area contributed by atoms with E-state index in [-0.39, 0.29) is 5.91 Å². The number of hydrogen-bond donors (Lipinski definition) is 1. The Balaban J connectivity index is 2.09. The van der Waals surface area contributed by atoms with Crippen molar-refractivity contribution in [1.82, 2.24) is 0 Å². The number of halogens is 1. The molecule has 1 N–H and O–H groups in total. The molecular weight excluding hydrogens is 330 g/mol. The predicted molar refractivity (Wildman–Crippen MR) is 88.7 cm³/mol. The van der Waals surface area contributed by atoms with E-state index in [1.165, 1.54) is 0 Å². The molecule has 0 fully saturated rings. The molecule has 0 bridgehead atoms. The van der Waals surface area contributed by atoms with Crippen LogP contribution in [-0.2, 0) is 4.79 Å². The number of aryl methyl sites for hydroxylation is 1. The van der Waals surface area contributed by atoms with Gasteiger partial charge in [-0.15, -0.1) is 0 Å². The number of carbonyl (C=O) groups excluding carboxylic acids is 1. The fourth-order valence-corrected chi connectivity index (χ4v) is 2.32. The maximum absolute atomic E-state index is 12.4. The third kappa shape index (κ3) is 4.08. The highest BCUT2D eigenvalue weighted by Gasteiger charge is 2.19. The van der Waals surface area contributed by atoms with Crippen molar-refractivity contribution >= 4 is 27.5 Å². The van der Waals surface area contributed by atoms with Crippen molar-refractivity contribution in [1.29, 1.82) is 0 Å². The third-order valence-corrected chi connectivity index (χ3v) is 3.85. The van der Waals surface area contributed by atoms with Gasteiger partial charge in [0.05, 0.1) is 5.69 Å². The Morgan fingerprint density at radius 1 is 1.19 bits per heavy atom. The van der Waals surface area contributed by atoms with E-state index in [2.05, 4.69) is 21.2 Å². The molecule has 3 nitrogen and oxygen atoms in total. The number of hydrogen-bond acceptors (Lipinski definition) is 2. The summed E-state index contributed by atoms with van der Waals surface area (Å²) >= 11 is 3.42. The average Bonchev–Trinajstić information content (AvgIpc) is 2.48. The van der Waals surface area contributed by atoms with Gasteiger partial charge in [0.1, 0.15) is 5.75 Å². The van der Waals surface area contributed by atoms with Crippen LogP contribution >= 0.6 is 15.9 Å². The lowest BCUT2D eigenvalue weighted by Crippen LogP contribution is -2.32. The molecule has 21 heavy (non-hydrogen) atoms. The molecule has 0 aliphatic heterocycles. The van der Waals surface area contributed by atoms with Gasteiger partial charge in [-0.3, -0.25) is 4.79 Å². The summed E-state index contributed by atoms with van der Waals surface area (Å²) in [5.41, 5.74) is 1.76. The molecule has 1 atom stereocenters. The van der Waals surface area contributed by atoms with Crippen LogP contribution in [0.1, 0.15) is 18.9 Å². The Kier molecular flexibility index (Phi) is 5.39. The molecule has 0 aliphatic rings. The number of benzene rings is 2. The summed E-state index contributed by atoms with van der Waals surface area (Å²) in [6, 6.07) is 15.2. The molecule has 2 aromatic rings. The van der Waals surface area contributed by atoms with Crippen LogP contribution in [0.3, 0.4) is 0 Å². The first-order valence-corrected chi connectivity index (χ1v) is 7.68. The van der Waals surface area contributed by atoms with Gasteiger partial charge in [-0.1, -0.05) is 37.3 Å². The maximum Gasteiger partial charge on any atom is 0.265 e. The quantitative estimate of drug-likeness (QED) is 0.861. The molecule has 0 saturated heterocycles. The second-order valence-corrected chi connectivity index (χ2v) is 5.60. The van der Waals surface area contributed by atoms with Crippen LogP contribution in [0.25, 0.3) is 0 Å². The van der Waals surface area contributed by atoms with E-state index in [4.69, 9.17) is 4.74 Å². The third-order valence-electron chi connectivity index (χ3n) is 3.16. The number of ether oxygens (including phenoxy) is 1. The minimum Gasteiger partial charge on any atom is -0.480 e. The molecule has 0 radical (unpaired) electrons. The number of amides is 1. The van der Waals surface area contributed by atoms with Gasteiger partial charge in [-0.2, -0.15) is 0 Å². The van der Waals surface area contributed by atoms with Crippen LogP contribution in [0.5, 0.6) is 5.75 Å². The highest BCUT2D eigenvalue weighted by molar-refractivity contribution is 9.10. The molecule has 0 spiro atoms. The van der Waals surface area contributed by atoms with E-state index in [0.29, 0.717) is 6.42 Å². The Morgan fingerprint density at radius 2 is 1.86 bits per heavy atom. The van der Waals surface area contributed by atoms with Gasteiger partial charge < -0.3 is 10.1 Å². The SMILES string of the molecule is CC[C@H](Oc1ccccc1C)C(=O)Nc1ccccc1Br. The molecule has 0 aliphatic carbocycles. The van der Waals surface area contributed by atoms with E-state index in [1.54, 1.807) is 0 Å². The van der Waals surface area contributed by atoms with Gasteiger partial charge in [-0.05, 0) is 53.0 Å². The van der Waals surface area contributed by atoms with Crippen LogP contribution in [-0.4, -0.2) is 12.0 Å². The van der Waals surface area contributed by atoms with Crippen LogP contribution in [0.2, 0.25) is 0 Å². The molecule has 110 valence electrons. The van der Waals surface area contributed by atoms with Crippen molar-refractivity contribution in [2.45, 2.75) is 26.4 Å². The monoisotopic (exact) mass is 347 g/mol. The van der Waals surface area contributed by atoms with Crippen LogP contribution in [0.15, 0.2) is 53.0 Å². The number of para-hydroxylation sites is 2. The molecule has 4 heteroatoms. The summed E-state index contributed by atoms with van der Waals surface area (Å²) in [4.78, 5) is 12.4. The molecule has 0 saturated carbocycles. The van der Waals surface area contributed by atoms with E-state index in [0.717, 1.165) is 21.5 Å². The van der Waals surface area contributed by atoms with Gasteiger partial charge in [0, 0.05) is 4.47 Å². The molecule has 0 aromatic heterocycles. The Morgan fingerprint density at radius 3 is 2.52 bits per heavy atom. The lowest BCUT2D eigenvalue weighted by atomic mass is 10.2.